The van der Waals surface area contributed by atoms with Gasteiger partial charge in [-0.25, -0.2) is 4.72 Å². The summed E-state index contributed by atoms with van der Waals surface area (Å²) in [6.45, 7) is 1.22. The van der Waals surface area contributed by atoms with Crippen molar-refractivity contribution < 1.29 is 9.29 Å². The number of benzene rings is 2. The third-order valence-corrected chi connectivity index (χ3v) is 5.04. The maximum atomic E-state index is 13.0. The van der Waals surface area contributed by atoms with Crippen LogP contribution in [0.4, 0.5) is 11.4 Å². The first-order chi connectivity index (χ1) is 13.2. The van der Waals surface area contributed by atoms with Crippen LogP contribution < -0.4 is 20.5 Å². The van der Waals surface area contributed by atoms with E-state index in [2.05, 4.69) is 15.0 Å². The lowest BCUT2D eigenvalue weighted by Crippen LogP contribution is -2.15. The Morgan fingerprint density at radius 2 is 1.93 bits per heavy atom. The van der Waals surface area contributed by atoms with Crippen LogP contribution in [0.3, 0.4) is 0 Å². The Balaban J connectivity index is 1.84. The molecule has 1 aromatic heterocycles. The van der Waals surface area contributed by atoms with Crippen LogP contribution in [-0.2, 0) is 11.4 Å². The molecule has 6 nitrogen and oxygen atoms in total. The molecular weight excluding hydrogens is 360 g/mol. The number of hydrogen-bond donors (Lipinski definition) is 3. The van der Waals surface area contributed by atoms with Crippen molar-refractivity contribution in [2.75, 3.05) is 30.2 Å². The van der Waals surface area contributed by atoms with Gasteiger partial charge < -0.3 is 20.3 Å². The summed E-state index contributed by atoms with van der Waals surface area (Å²) >= 11 is -1.49. The molecule has 7 heteroatoms. The van der Waals surface area contributed by atoms with Crippen LogP contribution in [0.25, 0.3) is 11.1 Å². The van der Waals surface area contributed by atoms with Gasteiger partial charge in [0.2, 0.25) is 4.90 Å². The standard InChI is InChI=1S/C20H22N4O2S/c1-26-19-8-7-15(16-4-3-10-22-14-16)12-20(19)27(25)24-18-6-2-5-17(13-18)23-11-9-21/h2-8,10,12-14,23-24H,9,11,21H2,1H3. The van der Waals surface area contributed by atoms with Gasteiger partial charge in [-0.05, 0) is 35.9 Å². The smallest absolute Gasteiger partial charge is 0.222 e. The van der Waals surface area contributed by atoms with E-state index < -0.39 is 11.4 Å². The molecule has 0 radical (unpaired) electrons. The molecule has 140 valence electrons. The van der Waals surface area contributed by atoms with Crippen LogP contribution in [0.15, 0.2) is 71.9 Å². The predicted molar refractivity (Wildman–Crippen MR) is 110 cm³/mol. The number of aromatic nitrogens is 1. The number of methoxy groups -OCH3 is 1. The number of rotatable bonds is 8. The molecule has 1 heterocycles. The molecule has 1 atom stereocenters. The molecule has 0 saturated heterocycles. The van der Waals surface area contributed by atoms with Crippen molar-refractivity contribution in [3.05, 3.63) is 67.0 Å². The molecule has 0 aliphatic rings. The third kappa shape index (κ3) is 4.91. The topological polar surface area (TPSA) is 95.3 Å². The van der Waals surface area contributed by atoms with Gasteiger partial charge in [-0.15, -0.1) is 0 Å². The molecular formula is C20H22N4O2S. The molecule has 4 N–H and O–H groups in total. The van der Waals surface area contributed by atoms with Crippen molar-refractivity contribution in [3.63, 3.8) is 0 Å². The van der Waals surface area contributed by atoms with Gasteiger partial charge in [0.25, 0.3) is 0 Å². The first-order valence-electron chi connectivity index (χ1n) is 8.52. The summed E-state index contributed by atoms with van der Waals surface area (Å²) in [4.78, 5) is 4.71. The second-order valence-corrected chi connectivity index (χ2v) is 6.96. The Hall–Kier alpha value is -2.74. The summed E-state index contributed by atoms with van der Waals surface area (Å²) in [5.41, 5.74) is 9.05. The highest BCUT2D eigenvalue weighted by atomic mass is 32.2. The second kappa shape index (κ2) is 9.27. The molecule has 0 aliphatic carbocycles. The van der Waals surface area contributed by atoms with Gasteiger partial charge >= 0.3 is 0 Å². The minimum Gasteiger partial charge on any atom is -0.588 e. The molecule has 2 aromatic carbocycles. The average Bonchev–Trinajstić information content (AvgIpc) is 2.72. The second-order valence-electron chi connectivity index (χ2n) is 5.77. The summed E-state index contributed by atoms with van der Waals surface area (Å²) in [5, 5.41) is 3.21. The van der Waals surface area contributed by atoms with Crippen LogP contribution in [0.1, 0.15) is 0 Å². The molecule has 27 heavy (non-hydrogen) atoms. The van der Waals surface area contributed by atoms with Crippen molar-refractivity contribution in [3.8, 4) is 16.9 Å². The fourth-order valence-corrected chi connectivity index (χ4v) is 3.62. The first kappa shape index (κ1) is 19.0. The number of anilines is 2. The van der Waals surface area contributed by atoms with Gasteiger partial charge in [0, 0.05) is 42.8 Å². The van der Waals surface area contributed by atoms with Crippen molar-refractivity contribution in [2.45, 2.75) is 4.90 Å². The van der Waals surface area contributed by atoms with E-state index >= 15 is 0 Å². The van der Waals surface area contributed by atoms with E-state index in [-0.39, 0.29) is 0 Å². The minimum atomic E-state index is -1.49. The maximum absolute atomic E-state index is 13.0. The number of nitrogens with zero attached hydrogens (tertiary/aromatic N) is 1. The monoisotopic (exact) mass is 382 g/mol. The van der Waals surface area contributed by atoms with Crippen molar-refractivity contribution in [2.24, 2.45) is 5.73 Å². The summed E-state index contributed by atoms with van der Waals surface area (Å²) in [7, 11) is 1.57. The number of pyridine rings is 1. The van der Waals surface area contributed by atoms with Crippen molar-refractivity contribution in [1.29, 1.82) is 0 Å². The van der Waals surface area contributed by atoms with E-state index in [1.165, 1.54) is 0 Å². The van der Waals surface area contributed by atoms with Crippen LogP contribution in [0.2, 0.25) is 0 Å². The van der Waals surface area contributed by atoms with Crippen LogP contribution in [0.5, 0.6) is 5.75 Å². The van der Waals surface area contributed by atoms with Gasteiger partial charge in [0.05, 0.1) is 12.8 Å². The molecule has 3 rings (SSSR count). The SMILES string of the molecule is COc1ccc(-c2cccnc2)cc1[S+]([O-])Nc1cccc(NCCN)c1. The molecule has 1 unspecified atom stereocenters. The van der Waals surface area contributed by atoms with Crippen molar-refractivity contribution in [1.82, 2.24) is 4.98 Å². The summed E-state index contributed by atoms with van der Waals surface area (Å²) in [6, 6.07) is 17.0. The lowest BCUT2D eigenvalue weighted by Gasteiger charge is -2.16. The van der Waals surface area contributed by atoms with Crippen LogP contribution >= 0.6 is 0 Å². The molecule has 0 bridgehead atoms. The zero-order valence-electron chi connectivity index (χ0n) is 15.0. The summed E-state index contributed by atoms with van der Waals surface area (Å²) < 4.78 is 21.4. The minimum absolute atomic E-state index is 0.544. The Kier molecular flexibility index (Phi) is 6.54. The first-order valence-corrected chi connectivity index (χ1v) is 9.67. The Labute approximate surface area is 162 Å². The molecule has 0 amide bonds. The van der Waals surface area contributed by atoms with E-state index in [1.807, 2.05) is 54.6 Å². The van der Waals surface area contributed by atoms with Gasteiger partial charge in [0.15, 0.2) is 5.75 Å². The third-order valence-electron chi connectivity index (χ3n) is 3.90. The van der Waals surface area contributed by atoms with Gasteiger partial charge in [-0.3, -0.25) is 4.98 Å². The summed E-state index contributed by atoms with van der Waals surface area (Å²) in [6.07, 6.45) is 3.49. The van der Waals surface area contributed by atoms with Gasteiger partial charge in [-0.1, -0.05) is 18.2 Å². The molecule has 0 spiro atoms. The van der Waals surface area contributed by atoms with Crippen LogP contribution in [0, 0.1) is 0 Å². The normalized spacial score (nSPS) is 11.7. The number of hydrogen-bond acceptors (Lipinski definition) is 6. The lowest BCUT2D eigenvalue weighted by atomic mass is 10.1. The van der Waals surface area contributed by atoms with Gasteiger partial charge in [0.1, 0.15) is 11.4 Å². The predicted octanol–water partition coefficient (Wildman–Crippen LogP) is 3.26. The maximum Gasteiger partial charge on any atom is 0.222 e. The average molecular weight is 382 g/mol. The molecule has 0 aliphatic heterocycles. The highest BCUT2D eigenvalue weighted by Gasteiger charge is 2.19. The quantitative estimate of drug-likeness (QED) is 0.518. The summed E-state index contributed by atoms with van der Waals surface area (Å²) in [5.74, 6) is 0.561. The van der Waals surface area contributed by atoms with Crippen LogP contribution in [-0.4, -0.2) is 29.7 Å². The van der Waals surface area contributed by atoms with E-state index in [0.29, 0.717) is 23.7 Å². The highest BCUT2D eigenvalue weighted by Crippen LogP contribution is 2.31. The molecule has 0 fully saturated rings. The van der Waals surface area contributed by atoms with Crippen molar-refractivity contribution >= 4 is 22.7 Å². The number of nitrogens with one attached hydrogen (secondary N) is 2. The Morgan fingerprint density at radius 3 is 2.67 bits per heavy atom. The zero-order chi connectivity index (χ0) is 19.1. The van der Waals surface area contributed by atoms with E-state index in [9.17, 15) is 4.55 Å². The Bertz CT molecular complexity index is 877. The number of nitrogens with two attached hydrogens (primary N) is 1. The molecule has 3 aromatic rings. The fourth-order valence-electron chi connectivity index (χ4n) is 2.61. The van der Waals surface area contributed by atoms with E-state index in [4.69, 9.17) is 10.5 Å². The zero-order valence-corrected chi connectivity index (χ0v) is 15.8. The van der Waals surface area contributed by atoms with Gasteiger partial charge in [-0.2, -0.15) is 0 Å². The lowest BCUT2D eigenvalue weighted by molar-refractivity contribution is 0.403. The fraction of sp³-hybridized carbons (Fsp3) is 0.150. The Morgan fingerprint density at radius 1 is 1.07 bits per heavy atom. The van der Waals surface area contributed by atoms with E-state index in [0.717, 1.165) is 22.5 Å². The highest BCUT2D eigenvalue weighted by molar-refractivity contribution is 7.92. The number of ether oxygens (including phenoxy) is 1. The largest absolute Gasteiger partial charge is 0.588 e. The van der Waals surface area contributed by atoms with E-state index in [1.54, 1.807) is 19.5 Å². The molecule has 0 saturated carbocycles.